The molecule has 3 aliphatic carbocycles. The average molecular weight is 519 g/mol. The fraction of sp³-hybridized carbons (Fsp3) is 0.897. The normalized spacial score (nSPS) is 48.8. The highest BCUT2D eigenvalue weighted by atomic mass is 16.6. The third-order valence-corrected chi connectivity index (χ3v) is 11.9. The number of carbonyl (C=O) groups is 3. The van der Waals surface area contributed by atoms with Gasteiger partial charge in [-0.15, -0.1) is 0 Å². The Hall–Kier alpha value is -1.51. The van der Waals surface area contributed by atoms with Gasteiger partial charge in [-0.3, -0.25) is 14.9 Å². The van der Waals surface area contributed by atoms with Crippen LogP contribution in [0.2, 0.25) is 0 Å². The van der Waals surface area contributed by atoms with Crippen LogP contribution >= 0.6 is 0 Å². The Balaban J connectivity index is 1.46. The quantitative estimate of drug-likeness (QED) is 0.575. The highest BCUT2D eigenvalue weighted by molar-refractivity contribution is 5.93. The predicted octanol–water partition coefficient (Wildman–Crippen LogP) is 3.40. The van der Waals surface area contributed by atoms with Crippen LogP contribution in [0.3, 0.4) is 0 Å². The number of Topliss-reactive ketones (excluding diaryl/α,β-unsaturated/α-hetero) is 1. The molecule has 8 heteroatoms. The third-order valence-electron chi connectivity index (χ3n) is 11.9. The monoisotopic (exact) mass is 518 g/mol. The standard InChI is InChI=1S/C29H46N2O6/c1-17-6-9-29-10-7-21(32)23(29)28(17,4)22(14-27(3,11-13-36-5)24(33)18(29)2)37-26(35)30-25(34)20-16-31-12-8-19(20)15-31/h17-20,22-24,33H,6-16H2,1-5H3,(H,30,34,35)/t17-,18+,19+,20+,22-,23?,24+,27-,28+,29?/m1/s1. The number of ketones is 1. The predicted molar refractivity (Wildman–Crippen MR) is 138 cm³/mol. The van der Waals surface area contributed by atoms with Gasteiger partial charge in [-0.2, -0.15) is 0 Å². The molecule has 8 nitrogen and oxygen atoms in total. The van der Waals surface area contributed by atoms with Crippen LogP contribution in [0, 0.1) is 45.8 Å². The van der Waals surface area contributed by atoms with Crippen LogP contribution in [0.25, 0.3) is 0 Å². The molecule has 2 amide bonds. The van der Waals surface area contributed by atoms with E-state index < -0.39 is 29.1 Å². The van der Waals surface area contributed by atoms with Gasteiger partial charge in [0, 0.05) is 44.6 Å². The smallest absolute Gasteiger partial charge is 0.414 e. The Kier molecular flexibility index (Phi) is 7.02. The fourth-order valence-electron chi connectivity index (χ4n) is 9.37. The Morgan fingerprint density at radius 1 is 1.16 bits per heavy atom. The third kappa shape index (κ3) is 4.17. The lowest BCUT2D eigenvalue weighted by atomic mass is 9.43. The summed E-state index contributed by atoms with van der Waals surface area (Å²) in [6, 6.07) is 0. The summed E-state index contributed by atoms with van der Waals surface area (Å²) in [5.41, 5.74) is -1.45. The van der Waals surface area contributed by atoms with Crippen molar-refractivity contribution in [1.82, 2.24) is 10.2 Å². The topological polar surface area (TPSA) is 105 Å². The number of ether oxygens (including phenoxy) is 2. The Morgan fingerprint density at radius 2 is 1.92 bits per heavy atom. The second-order valence-electron chi connectivity index (χ2n) is 13.6. The molecule has 0 radical (unpaired) electrons. The zero-order valence-corrected chi connectivity index (χ0v) is 23.3. The van der Waals surface area contributed by atoms with Gasteiger partial charge in [0.15, 0.2) is 0 Å². The maximum absolute atomic E-state index is 13.6. The molecule has 4 bridgehead atoms. The molecule has 11 atom stereocenters. The molecular weight excluding hydrogens is 472 g/mol. The molecule has 5 rings (SSSR count). The SMILES string of the molecule is COCC[C@]1(C)C[C@@H](OC(=O)NC(=O)[C@H]2CN3CC[C@H]2C3)[C@@]2(C)C3C(=O)CCC3(CC[C@H]2C)[C@@H](C)[C@@H]1O. The Labute approximate surface area is 221 Å². The van der Waals surface area contributed by atoms with Gasteiger partial charge in [-0.25, -0.2) is 4.79 Å². The number of methoxy groups -OCH3 is 1. The Morgan fingerprint density at radius 3 is 2.57 bits per heavy atom. The van der Waals surface area contributed by atoms with Crippen molar-refractivity contribution in [3.63, 3.8) is 0 Å². The van der Waals surface area contributed by atoms with Crippen LogP contribution in [-0.4, -0.2) is 73.3 Å². The molecular formula is C29H46N2O6. The van der Waals surface area contributed by atoms with Gasteiger partial charge in [0.2, 0.25) is 5.91 Å². The second kappa shape index (κ2) is 9.60. The largest absolute Gasteiger partial charge is 0.445 e. The summed E-state index contributed by atoms with van der Waals surface area (Å²) in [4.78, 5) is 42.1. The van der Waals surface area contributed by atoms with Gasteiger partial charge in [-0.1, -0.05) is 27.7 Å². The highest BCUT2D eigenvalue weighted by Gasteiger charge is 2.68. The summed E-state index contributed by atoms with van der Waals surface area (Å²) in [6.07, 6.45) is 3.15. The number of amides is 2. The van der Waals surface area contributed by atoms with Crippen molar-refractivity contribution in [2.75, 3.05) is 33.4 Å². The minimum Gasteiger partial charge on any atom is -0.445 e. The molecule has 5 aliphatic rings. The maximum atomic E-state index is 13.6. The number of imide groups is 1. The van der Waals surface area contributed by atoms with Crippen molar-refractivity contribution >= 4 is 17.8 Å². The number of piperidine rings is 1. The number of hydrogen-bond acceptors (Lipinski definition) is 7. The summed E-state index contributed by atoms with van der Waals surface area (Å²) in [6.45, 7) is 11.6. The number of fused-ring (bicyclic) bond motifs is 2. The van der Waals surface area contributed by atoms with Gasteiger partial charge in [0.1, 0.15) is 11.9 Å². The van der Waals surface area contributed by atoms with Crippen LogP contribution in [0.1, 0.15) is 72.6 Å². The number of aliphatic hydroxyl groups excluding tert-OH is 1. The summed E-state index contributed by atoms with van der Waals surface area (Å²) in [7, 11) is 1.66. The van der Waals surface area contributed by atoms with E-state index in [0.29, 0.717) is 38.3 Å². The van der Waals surface area contributed by atoms with Crippen LogP contribution in [0.4, 0.5) is 4.79 Å². The molecule has 2 heterocycles. The highest BCUT2D eigenvalue weighted by Crippen LogP contribution is 2.68. The summed E-state index contributed by atoms with van der Waals surface area (Å²) < 4.78 is 11.6. The van der Waals surface area contributed by atoms with Crippen molar-refractivity contribution in [3.05, 3.63) is 0 Å². The molecule has 2 N–H and O–H groups in total. The molecule has 37 heavy (non-hydrogen) atoms. The zero-order chi connectivity index (χ0) is 26.8. The van der Waals surface area contributed by atoms with Gasteiger partial charge in [0.05, 0.1) is 12.0 Å². The van der Waals surface area contributed by atoms with Gasteiger partial charge >= 0.3 is 6.09 Å². The van der Waals surface area contributed by atoms with E-state index in [1.54, 1.807) is 7.11 Å². The van der Waals surface area contributed by atoms with E-state index in [2.05, 4.69) is 37.9 Å². The van der Waals surface area contributed by atoms with Crippen molar-refractivity contribution in [2.24, 2.45) is 45.8 Å². The van der Waals surface area contributed by atoms with Gasteiger partial charge < -0.3 is 19.5 Å². The molecule has 0 aromatic carbocycles. The molecule has 3 saturated carbocycles. The van der Waals surface area contributed by atoms with E-state index in [-0.39, 0.29) is 40.8 Å². The zero-order valence-electron chi connectivity index (χ0n) is 23.3. The molecule has 208 valence electrons. The van der Waals surface area contributed by atoms with Gasteiger partial charge in [0.25, 0.3) is 0 Å². The van der Waals surface area contributed by atoms with E-state index in [1.807, 2.05) is 0 Å². The number of hydrogen-bond donors (Lipinski definition) is 2. The minimum atomic E-state index is -0.722. The molecule has 0 aromatic rings. The maximum Gasteiger partial charge on any atom is 0.414 e. The number of rotatable bonds is 5. The summed E-state index contributed by atoms with van der Waals surface area (Å²) >= 11 is 0. The second-order valence-corrected chi connectivity index (χ2v) is 13.6. The van der Waals surface area contributed by atoms with Crippen LogP contribution < -0.4 is 5.32 Å². The van der Waals surface area contributed by atoms with Crippen LogP contribution in [0.15, 0.2) is 0 Å². The first-order valence-corrected chi connectivity index (χ1v) is 14.4. The summed E-state index contributed by atoms with van der Waals surface area (Å²) in [5.74, 6) is -0.0679. The lowest BCUT2D eigenvalue weighted by Gasteiger charge is -2.62. The number of nitrogens with zero attached hydrogens (tertiary/aromatic N) is 1. The van der Waals surface area contributed by atoms with E-state index >= 15 is 0 Å². The number of carbonyl (C=O) groups excluding carboxylic acids is 3. The molecule has 0 spiro atoms. The van der Waals surface area contributed by atoms with Crippen LogP contribution in [-0.2, 0) is 19.1 Å². The first kappa shape index (κ1) is 27.1. The van der Waals surface area contributed by atoms with E-state index in [4.69, 9.17) is 9.47 Å². The van der Waals surface area contributed by atoms with Crippen molar-refractivity contribution in [3.8, 4) is 0 Å². The van der Waals surface area contributed by atoms with E-state index in [0.717, 1.165) is 38.8 Å². The molecule has 3 unspecified atom stereocenters. The minimum absolute atomic E-state index is 0.0539. The van der Waals surface area contributed by atoms with Crippen molar-refractivity contribution in [1.29, 1.82) is 0 Å². The molecule has 2 aliphatic heterocycles. The van der Waals surface area contributed by atoms with Gasteiger partial charge in [-0.05, 0) is 73.7 Å². The number of alkyl carbamates (subject to hydrolysis) is 1. The van der Waals surface area contributed by atoms with Crippen molar-refractivity contribution in [2.45, 2.75) is 84.8 Å². The lowest BCUT2D eigenvalue weighted by Crippen LogP contribution is -2.63. The average Bonchev–Trinajstić information content (AvgIpc) is 3.59. The first-order chi connectivity index (χ1) is 17.5. The lowest BCUT2D eigenvalue weighted by molar-refractivity contribution is -0.200. The summed E-state index contributed by atoms with van der Waals surface area (Å²) in [5, 5.41) is 14.4. The molecule has 0 aromatic heterocycles. The molecule has 2 saturated heterocycles. The number of nitrogens with one attached hydrogen (secondary N) is 1. The Bertz CT molecular complexity index is 941. The number of aliphatic hydroxyl groups is 1. The molecule has 5 fully saturated rings. The fourth-order valence-corrected chi connectivity index (χ4v) is 9.37. The van der Waals surface area contributed by atoms with E-state index in [9.17, 15) is 19.5 Å². The van der Waals surface area contributed by atoms with Crippen LogP contribution in [0.5, 0.6) is 0 Å². The van der Waals surface area contributed by atoms with E-state index in [1.165, 1.54) is 0 Å². The first-order valence-electron chi connectivity index (χ1n) is 14.4. The van der Waals surface area contributed by atoms with Crippen molar-refractivity contribution < 1.29 is 29.0 Å².